The molecule has 1 aromatic heterocycles. The van der Waals surface area contributed by atoms with Crippen molar-refractivity contribution in [3.05, 3.63) is 29.8 Å². The lowest BCUT2D eigenvalue weighted by molar-refractivity contribution is -0.135. The normalized spacial score (nSPS) is 12.1. The lowest BCUT2D eigenvalue weighted by Crippen LogP contribution is -2.32. The molecule has 0 atom stereocenters. The molecule has 2 aromatic rings. The quantitative estimate of drug-likeness (QED) is 0.750. The van der Waals surface area contributed by atoms with Gasteiger partial charge in [-0.25, -0.2) is 0 Å². The van der Waals surface area contributed by atoms with Crippen molar-refractivity contribution in [2.75, 3.05) is 0 Å². The number of benzene rings is 1. The first-order chi connectivity index (χ1) is 7.41. The molecule has 1 heterocycles. The smallest absolute Gasteiger partial charge is 0.423 e. The van der Waals surface area contributed by atoms with Crippen LogP contribution in [0.15, 0.2) is 24.3 Å². The van der Waals surface area contributed by atoms with Crippen LogP contribution in [-0.4, -0.2) is 17.2 Å². The van der Waals surface area contributed by atoms with E-state index in [1.54, 1.807) is 6.07 Å². The van der Waals surface area contributed by atoms with Crippen molar-refractivity contribution in [1.82, 2.24) is 0 Å². The van der Waals surface area contributed by atoms with E-state index < -0.39 is 23.6 Å². The van der Waals surface area contributed by atoms with Crippen molar-refractivity contribution in [2.45, 2.75) is 6.18 Å². The maximum absolute atomic E-state index is 12.8. The van der Waals surface area contributed by atoms with Crippen LogP contribution in [0.3, 0.4) is 0 Å². The fraction of sp³-hybridized carbons (Fsp3) is 0.111. The third-order valence-corrected chi connectivity index (χ3v) is 3.35. The van der Waals surface area contributed by atoms with Gasteiger partial charge in [0, 0.05) is 14.9 Å². The molecule has 16 heavy (non-hydrogen) atoms. The predicted octanol–water partition coefficient (Wildman–Crippen LogP) is 1.60. The molecule has 0 aliphatic rings. The van der Waals surface area contributed by atoms with E-state index in [0.717, 1.165) is 11.3 Å². The summed E-state index contributed by atoms with van der Waals surface area (Å²) in [6.07, 6.45) is -4.58. The van der Waals surface area contributed by atoms with Gasteiger partial charge in [-0.3, -0.25) is 0 Å². The van der Waals surface area contributed by atoms with Crippen molar-refractivity contribution >= 4 is 33.3 Å². The zero-order valence-corrected chi connectivity index (χ0v) is 8.64. The summed E-state index contributed by atoms with van der Waals surface area (Å²) < 4.78 is 38.2. The highest BCUT2D eigenvalue weighted by Crippen LogP contribution is 2.36. The average molecular weight is 246 g/mol. The third-order valence-electron chi connectivity index (χ3n) is 2.14. The monoisotopic (exact) mass is 246 g/mol. The van der Waals surface area contributed by atoms with Crippen molar-refractivity contribution < 1.29 is 23.2 Å². The SMILES string of the molecule is OB(O)c1sc2ccccc2c1C(F)(F)F. The third kappa shape index (κ3) is 1.81. The summed E-state index contributed by atoms with van der Waals surface area (Å²) in [6.45, 7) is 0. The van der Waals surface area contributed by atoms with E-state index in [0.29, 0.717) is 4.70 Å². The van der Waals surface area contributed by atoms with Crippen LogP contribution in [-0.2, 0) is 6.18 Å². The largest absolute Gasteiger partial charge is 0.499 e. The van der Waals surface area contributed by atoms with Crippen molar-refractivity contribution in [3.63, 3.8) is 0 Å². The number of rotatable bonds is 1. The zero-order chi connectivity index (χ0) is 11.9. The second kappa shape index (κ2) is 3.76. The minimum atomic E-state index is -4.58. The van der Waals surface area contributed by atoms with E-state index in [1.807, 2.05) is 0 Å². The molecular weight excluding hydrogens is 240 g/mol. The Labute approximate surface area is 93.1 Å². The molecule has 84 valence electrons. The van der Waals surface area contributed by atoms with E-state index in [4.69, 9.17) is 10.0 Å². The molecular formula is C9H6BF3O2S. The molecule has 7 heteroatoms. The Bertz CT molecular complexity index is 521. The van der Waals surface area contributed by atoms with E-state index >= 15 is 0 Å². The van der Waals surface area contributed by atoms with Crippen LogP contribution in [0.5, 0.6) is 0 Å². The molecule has 0 saturated heterocycles. The number of hydrogen-bond acceptors (Lipinski definition) is 3. The molecule has 0 spiro atoms. The van der Waals surface area contributed by atoms with Gasteiger partial charge in [0.15, 0.2) is 0 Å². The summed E-state index contributed by atoms with van der Waals surface area (Å²) in [5, 5.41) is 17.9. The van der Waals surface area contributed by atoms with Crippen LogP contribution in [0.2, 0.25) is 0 Å². The Morgan fingerprint density at radius 1 is 1.12 bits per heavy atom. The van der Waals surface area contributed by atoms with Gasteiger partial charge in [-0.05, 0) is 6.07 Å². The van der Waals surface area contributed by atoms with E-state index in [2.05, 4.69) is 0 Å². The molecule has 0 fully saturated rings. The number of thiophene rings is 1. The van der Waals surface area contributed by atoms with Gasteiger partial charge in [-0.15, -0.1) is 11.3 Å². The van der Waals surface area contributed by atoms with Crippen LogP contribution < -0.4 is 4.78 Å². The molecule has 0 saturated carbocycles. The fourth-order valence-corrected chi connectivity index (χ4v) is 2.64. The second-order valence-electron chi connectivity index (χ2n) is 3.21. The van der Waals surface area contributed by atoms with Crippen LogP contribution in [0.1, 0.15) is 5.56 Å². The summed E-state index contributed by atoms with van der Waals surface area (Å²) in [6, 6.07) is 5.92. The minimum Gasteiger partial charge on any atom is -0.423 e. The lowest BCUT2D eigenvalue weighted by atomic mass is 9.85. The summed E-state index contributed by atoms with van der Waals surface area (Å²) in [7, 11) is -2.10. The van der Waals surface area contributed by atoms with Gasteiger partial charge in [0.05, 0.1) is 5.56 Å². The Morgan fingerprint density at radius 3 is 2.31 bits per heavy atom. The number of hydrogen-bond donors (Lipinski definition) is 2. The summed E-state index contributed by atoms with van der Waals surface area (Å²) >= 11 is 0.739. The Hall–Kier alpha value is -1.05. The topological polar surface area (TPSA) is 40.5 Å². The molecule has 0 amide bonds. The van der Waals surface area contributed by atoms with Gasteiger partial charge in [0.1, 0.15) is 0 Å². The Morgan fingerprint density at radius 2 is 1.75 bits per heavy atom. The molecule has 0 aliphatic heterocycles. The predicted molar refractivity (Wildman–Crippen MR) is 56.7 cm³/mol. The first-order valence-electron chi connectivity index (χ1n) is 4.36. The number of alkyl halides is 3. The highest BCUT2D eigenvalue weighted by molar-refractivity contribution is 7.28. The van der Waals surface area contributed by atoms with E-state index in [-0.39, 0.29) is 5.39 Å². The van der Waals surface area contributed by atoms with E-state index in [1.165, 1.54) is 18.2 Å². The Kier molecular flexibility index (Phi) is 2.69. The van der Waals surface area contributed by atoms with Gasteiger partial charge < -0.3 is 10.0 Å². The van der Waals surface area contributed by atoms with E-state index in [9.17, 15) is 13.2 Å². The highest BCUT2D eigenvalue weighted by atomic mass is 32.1. The highest BCUT2D eigenvalue weighted by Gasteiger charge is 2.39. The first kappa shape index (κ1) is 11.4. The molecule has 0 radical (unpaired) electrons. The maximum atomic E-state index is 12.8. The van der Waals surface area contributed by atoms with Crippen molar-refractivity contribution in [2.24, 2.45) is 0 Å². The Balaban J connectivity index is 2.80. The molecule has 2 N–H and O–H groups in total. The van der Waals surface area contributed by atoms with Crippen LogP contribution in [0.4, 0.5) is 13.2 Å². The summed E-state index contributed by atoms with van der Waals surface area (Å²) in [5.74, 6) is 0. The van der Waals surface area contributed by atoms with Gasteiger partial charge in [-0.2, -0.15) is 13.2 Å². The first-order valence-corrected chi connectivity index (χ1v) is 5.17. The van der Waals surface area contributed by atoms with Gasteiger partial charge in [0.2, 0.25) is 0 Å². The molecule has 2 nitrogen and oxygen atoms in total. The summed E-state index contributed by atoms with van der Waals surface area (Å²) in [4.78, 5) is 0. The van der Waals surface area contributed by atoms with Gasteiger partial charge >= 0.3 is 13.3 Å². The molecule has 1 aromatic carbocycles. The number of fused-ring (bicyclic) bond motifs is 1. The van der Waals surface area contributed by atoms with Crippen LogP contribution >= 0.6 is 11.3 Å². The number of halogens is 3. The minimum absolute atomic E-state index is 0.00287. The van der Waals surface area contributed by atoms with Crippen molar-refractivity contribution in [1.29, 1.82) is 0 Å². The standard InChI is InChI=1S/C9H6BF3O2S/c11-9(12,13)7-5-3-1-2-4-6(5)16-8(7)10(14)15/h1-4,14-15H. The second-order valence-corrected chi connectivity index (χ2v) is 4.29. The van der Waals surface area contributed by atoms with Crippen LogP contribution in [0, 0.1) is 0 Å². The molecule has 0 bridgehead atoms. The maximum Gasteiger partial charge on any atom is 0.499 e. The molecule has 0 unspecified atom stereocenters. The van der Waals surface area contributed by atoms with Crippen LogP contribution in [0.25, 0.3) is 10.1 Å². The van der Waals surface area contributed by atoms with Crippen molar-refractivity contribution in [3.8, 4) is 0 Å². The lowest BCUT2D eigenvalue weighted by Gasteiger charge is -2.07. The van der Waals surface area contributed by atoms with Gasteiger partial charge in [-0.1, -0.05) is 18.2 Å². The molecule has 0 aliphatic carbocycles. The molecule has 2 rings (SSSR count). The van der Waals surface area contributed by atoms with Gasteiger partial charge in [0.25, 0.3) is 0 Å². The summed E-state index contributed by atoms with van der Waals surface area (Å²) in [5.41, 5.74) is -0.955. The zero-order valence-electron chi connectivity index (χ0n) is 7.82. The fourth-order valence-electron chi connectivity index (χ4n) is 1.54. The average Bonchev–Trinajstić information content (AvgIpc) is 2.55.